The Bertz CT molecular complexity index is 472. The lowest BCUT2D eigenvalue weighted by atomic mass is 10.0. The molecule has 0 bridgehead atoms. The van der Waals surface area contributed by atoms with E-state index < -0.39 is 0 Å². The summed E-state index contributed by atoms with van der Waals surface area (Å²) in [5.74, 6) is -0.102. The van der Waals surface area contributed by atoms with Crippen LogP contribution in [0.25, 0.3) is 0 Å². The van der Waals surface area contributed by atoms with Gasteiger partial charge in [0.2, 0.25) is 5.91 Å². The van der Waals surface area contributed by atoms with Crippen LogP contribution < -0.4 is 10.2 Å². The van der Waals surface area contributed by atoms with E-state index in [9.17, 15) is 9.18 Å². The van der Waals surface area contributed by atoms with Crippen molar-refractivity contribution < 1.29 is 13.9 Å². The molecule has 0 fully saturated rings. The van der Waals surface area contributed by atoms with Crippen molar-refractivity contribution >= 4 is 11.6 Å². The van der Waals surface area contributed by atoms with Crippen LogP contribution in [0.2, 0.25) is 0 Å². The molecule has 1 N–H and O–H groups in total. The molecule has 0 spiro atoms. The highest BCUT2D eigenvalue weighted by Crippen LogP contribution is 2.27. The second-order valence-electron chi connectivity index (χ2n) is 3.66. The summed E-state index contributed by atoms with van der Waals surface area (Å²) < 4.78 is 19.0. The van der Waals surface area contributed by atoms with E-state index >= 15 is 0 Å². The van der Waals surface area contributed by atoms with Gasteiger partial charge in [0.15, 0.2) is 0 Å². The van der Waals surface area contributed by atoms with Crippen molar-refractivity contribution in [2.24, 2.45) is 5.10 Å². The van der Waals surface area contributed by atoms with Gasteiger partial charge >= 0.3 is 0 Å². The molecule has 0 saturated carbocycles. The third kappa shape index (κ3) is 2.43. The Hall–Kier alpha value is -1.91. The first-order chi connectivity index (χ1) is 8.22. The molecule has 0 unspecified atom stereocenters. The van der Waals surface area contributed by atoms with E-state index in [1.54, 1.807) is 19.1 Å². The Labute approximate surface area is 98.5 Å². The van der Waals surface area contributed by atoms with Crippen molar-refractivity contribution in [2.75, 3.05) is 6.61 Å². The van der Waals surface area contributed by atoms with Crippen molar-refractivity contribution in [3.05, 3.63) is 29.6 Å². The van der Waals surface area contributed by atoms with Crippen LogP contribution in [0.3, 0.4) is 0 Å². The second-order valence-corrected chi connectivity index (χ2v) is 3.66. The highest BCUT2D eigenvalue weighted by atomic mass is 19.1. The topological polar surface area (TPSA) is 50.7 Å². The first kappa shape index (κ1) is 11.6. The summed E-state index contributed by atoms with van der Waals surface area (Å²) >= 11 is 0. The number of hydrogen-bond donors (Lipinski definition) is 1. The molecular formula is C12H13FN2O2. The zero-order valence-electron chi connectivity index (χ0n) is 9.50. The molecule has 1 amide bonds. The summed E-state index contributed by atoms with van der Waals surface area (Å²) in [7, 11) is 0. The summed E-state index contributed by atoms with van der Waals surface area (Å²) in [4.78, 5) is 11.1. The summed E-state index contributed by atoms with van der Waals surface area (Å²) in [6.07, 6.45) is 0.829. The lowest BCUT2D eigenvalue weighted by Crippen LogP contribution is -2.23. The third-order valence-corrected chi connectivity index (χ3v) is 2.50. The largest absolute Gasteiger partial charge is 0.492 e. The number of nitrogens with zero attached hydrogens (tertiary/aromatic N) is 1. The Kier molecular flexibility index (Phi) is 3.37. The van der Waals surface area contributed by atoms with Gasteiger partial charge in [0, 0.05) is 12.8 Å². The average Bonchev–Trinajstić information content (AvgIpc) is 2.36. The lowest BCUT2D eigenvalue weighted by Gasteiger charge is -2.19. The van der Waals surface area contributed by atoms with Crippen LogP contribution in [-0.2, 0) is 4.79 Å². The fraction of sp³-hybridized carbons (Fsp3) is 0.333. The van der Waals surface area contributed by atoms with Crippen molar-refractivity contribution in [1.29, 1.82) is 0 Å². The van der Waals surface area contributed by atoms with Gasteiger partial charge in [-0.3, -0.25) is 4.79 Å². The smallest absolute Gasteiger partial charge is 0.239 e. The van der Waals surface area contributed by atoms with Gasteiger partial charge < -0.3 is 4.74 Å². The minimum Gasteiger partial charge on any atom is -0.492 e. The predicted octanol–water partition coefficient (Wildman–Crippen LogP) is 1.84. The van der Waals surface area contributed by atoms with Gasteiger partial charge in [0.05, 0.1) is 17.9 Å². The number of nitrogens with one attached hydrogen (secondary N) is 1. The van der Waals surface area contributed by atoms with E-state index in [1.165, 1.54) is 6.07 Å². The SMILES string of the molecule is CCC(=O)NN=C1CCOc2cccc(F)c21. The zero-order valence-corrected chi connectivity index (χ0v) is 9.50. The number of rotatable bonds is 2. The van der Waals surface area contributed by atoms with Gasteiger partial charge in [0.1, 0.15) is 11.6 Å². The number of hydrazone groups is 1. The molecule has 0 radical (unpaired) electrons. The summed E-state index contributed by atoms with van der Waals surface area (Å²) in [6.45, 7) is 2.17. The highest BCUT2D eigenvalue weighted by Gasteiger charge is 2.20. The lowest BCUT2D eigenvalue weighted by molar-refractivity contribution is -0.120. The summed E-state index contributed by atoms with van der Waals surface area (Å²) in [6, 6.07) is 4.63. The Morgan fingerprint density at radius 2 is 2.41 bits per heavy atom. The predicted molar refractivity (Wildman–Crippen MR) is 61.5 cm³/mol. The molecule has 90 valence electrons. The van der Waals surface area contributed by atoms with E-state index in [2.05, 4.69) is 10.5 Å². The monoisotopic (exact) mass is 236 g/mol. The average molecular weight is 236 g/mol. The van der Waals surface area contributed by atoms with Gasteiger partial charge in [-0.25, -0.2) is 9.82 Å². The maximum absolute atomic E-state index is 13.7. The van der Waals surface area contributed by atoms with E-state index in [4.69, 9.17) is 4.74 Å². The molecule has 1 aliphatic rings. The van der Waals surface area contributed by atoms with E-state index in [-0.39, 0.29) is 11.7 Å². The first-order valence-electron chi connectivity index (χ1n) is 5.49. The third-order valence-electron chi connectivity index (χ3n) is 2.50. The molecule has 0 saturated heterocycles. The van der Waals surface area contributed by atoms with Crippen molar-refractivity contribution in [3.8, 4) is 5.75 Å². The number of benzene rings is 1. The Balaban J connectivity index is 2.31. The number of halogens is 1. The molecular weight excluding hydrogens is 223 g/mol. The maximum Gasteiger partial charge on any atom is 0.239 e. The second kappa shape index (κ2) is 4.95. The van der Waals surface area contributed by atoms with E-state index in [0.29, 0.717) is 36.5 Å². The minimum absolute atomic E-state index is 0.193. The van der Waals surface area contributed by atoms with E-state index in [1.807, 2.05) is 0 Å². The highest BCUT2D eigenvalue weighted by molar-refractivity contribution is 6.04. The fourth-order valence-electron chi connectivity index (χ4n) is 1.61. The van der Waals surface area contributed by atoms with Crippen LogP contribution in [0.5, 0.6) is 5.75 Å². The first-order valence-corrected chi connectivity index (χ1v) is 5.49. The van der Waals surface area contributed by atoms with Gasteiger partial charge in [0.25, 0.3) is 0 Å². The Morgan fingerprint density at radius 3 is 3.18 bits per heavy atom. The molecule has 1 aliphatic heterocycles. The Morgan fingerprint density at radius 1 is 1.59 bits per heavy atom. The molecule has 4 nitrogen and oxygen atoms in total. The summed E-state index contributed by atoms with van der Waals surface area (Å²) in [5, 5.41) is 3.95. The molecule has 1 aromatic carbocycles. The molecule has 1 aromatic rings. The van der Waals surface area contributed by atoms with Crippen molar-refractivity contribution in [3.63, 3.8) is 0 Å². The summed E-state index contributed by atoms with van der Waals surface area (Å²) in [5.41, 5.74) is 3.26. The molecule has 17 heavy (non-hydrogen) atoms. The van der Waals surface area contributed by atoms with Gasteiger partial charge in [-0.1, -0.05) is 13.0 Å². The number of hydrogen-bond acceptors (Lipinski definition) is 3. The van der Waals surface area contributed by atoms with Crippen LogP contribution in [0.15, 0.2) is 23.3 Å². The quantitative estimate of drug-likeness (QED) is 0.796. The maximum atomic E-state index is 13.7. The fourth-order valence-corrected chi connectivity index (χ4v) is 1.61. The zero-order chi connectivity index (χ0) is 12.3. The normalized spacial score (nSPS) is 16.2. The van der Waals surface area contributed by atoms with Crippen LogP contribution in [0, 0.1) is 5.82 Å². The minimum atomic E-state index is -0.383. The number of ether oxygens (including phenoxy) is 1. The van der Waals surface area contributed by atoms with Gasteiger partial charge in [-0.15, -0.1) is 0 Å². The van der Waals surface area contributed by atoms with Crippen LogP contribution in [-0.4, -0.2) is 18.2 Å². The van der Waals surface area contributed by atoms with Crippen molar-refractivity contribution in [1.82, 2.24) is 5.43 Å². The number of carbonyl (C=O) groups excluding carboxylic acids is 1. The van der Waals surface area contributed by atoms with E-state index in [0.717, 1.165) is 0 Å². The number of carbonyl (C=O) groups is 1. The molecule has 0 atom stereocenters. The molecule has 5 heteroatoms. The standard InChI is InChI=1S/C12H13FN2O2/c1-2-11(16)15-14-9-6-7-17-10-5-3-4-8(13)12(9)10/h3-5H,2,6-7H2,1H3,(H,15,16). The van der Waals surface area contributed by atoms with Crippen molar-refractivity contribution in [2.45, 2.75) is 19.8 Å². The van der Waals surface area contributed by atoms with Crippen LogP contribution in [0.4, 0.5) is 4.39 Å². The number of amides is 1. The molecule has 0 aliphatic carbocycles. The van der Waals surface area contributed by atoms with Gasteiger partial charge in [-0.2, -0.15) is 5.10 Å². The molecule has 0 aromatic heterocycles. The van der Waals surface area contributed by atoms with Gasteiger partial charge in [-0.05, 0) is 12.1 Å². The number of fused-ring (bicyclic) bond motifs is 1. The van der Waals surface area contributed by atoms with Crippen LogP contribution in [0.1, 0.15) is 25.3 Å². The molecule has 2 rings (SSSR count). The molecule has 1 heterocycles. The van der Waals surface area contributed by atoms with Crippen LogP contribution >= 0.6 is 0 Å².